The second-order valence-electron chi connectivity index (χ2n) is 38.2. The summed E-state index contributed by atoms with van der Waals surface area (Å²) in [5.74, 6) is 0. The molecule has 0 aliphatic heterocycles. The molecule has 6 heteroatoms. The molecule has 0 spiro atoms. The summed E-state index contributed by atoms with van der Waals surface area (Å²) in [5, 5.41) is 29.7. The van der Waals surface area contributed by atoms with Gasteiger partial charge < -0.3 is 13.7 Å². The number of para-hydroxylation sites is 3. The quantitative estimate of drug-likeness (QED) is 0.115. The molecule has 0 saturated carbocycles. The molecule has 0 unspecified atom stereocenters. The SMILES string of the molecule is c1ccc(-c2c3ccccc3c(-c3ccc(-c4ccc5c(c4)c4cc6ccccc6cc4n5-c4ccccc4)nc3)c3ccccc23)cc1.c1ccc(-c2c3ccccc3c(-c3ccc(-c4ccc5c6cc7ccccc7cc6n(-c6ccccc6)c5c4)nc3)c3ccccc23)cc1.c1ccc(-c2c3ccccc3c(-c3ccc(-c4cccc5c4c4cc6ccccc6cc4n5-c4ccccc4)nc3)c3ccccc23)cc1. The Hall–Kier alpha value is -19.5. The lowest BCUT2D eigenvalue weighted by Gasteiger charge is -2.17. The van der Waals surface area contributed by atoms with Crippen molar-refractivity contribution in [2.45, 2.75) is 0 Å². The van der Waals surface area contributed by atoms with Crippen molar-refractivity contribution in [1.82, 2.24) is 28.7 Å². The second kappa shape index (κ2) is 35.9. The highest BCUT2D eigenvalue weighted by molar-refractivity contribution is 6.26. The van der Waals surface area contributed by atoms with Gasteiger partial charge in [-0.05, 0) is 262 Å². The summed E-state index contributed by atoms with van der Waals surface area (Å²) in [7, 11) is 0. The molecule has 6 aromatic heterocycles. The van der Waals surface area contributed by atoms with Crippen LogP contribution < -0.4 is 0 Å². The smallest absolute Gasteiger partial charge is 0.0709 e. The average Bonchev–Trinajstić information content (AvgIpc) is 1.70. The van der Waals surface area contributed by atoms with E-state index in [-0.39, 0.29) is 0 Å². The predicted octanol–water partition coefficient (Wildman–Crippen LogP) is 37.9. The second-order valence-corrected chi connectivity index (χ2v) is 38.2. The first kappa shape index (κ1) is 85.4. The fraction of sp³-hybridized carbons (Fsp3) is 0. The first-order valence-corrected chi connectivity index (χ1v) is 50.4. The summed E-state index contributed by atoms with van der Waals surface area (Å²) in [4.78, 5) is 15.4. The zero-order valence-corrected chi connectivity index (χ0v) is 80.1. The third-order valence-corrected chi connectivity index (χ3v) is 30.0. The first-order valence-electron chi connectivity index (χ1n) is 50.4. The molecule has 0 fully saturated rings. The van der Waals surface area contributed by atoms with Gasteiger partial charge in [-0.3, -0.25) is 15.0 Å². The van der Waals surface area contributed by atoms with Gasteiger partial charge in [-0.1, -0.05) is 413 Å². The van der Waals surface area contributed by atoms with Gasteiger partial charge in [0.15, 0.2) is 0 Å². The monoisotopic (exact) mass is 1870 g/mol. The zero-order valence-electron chi connectivity index (χ0n) is 80.1. The lowest BCUT2D eigenvalue weighted by molar-refractivity contribution is 1.18. The van der Waals surface area contributed by atoms with Gasteiger partial charge in [-0.25, -0.2) is 0 Å². The number of benzene rings is 24. The Morgan fingerprint density at radius 3 is 0.728 bits per heavy atom. The van der Waals surface area contributed by atoms with Crippen molar-refractivity contribution in [1.29, 1.82) is 0 Å². The van der Waals surface area contributed by atoms with E-state index in [0.29, 0.717) is 0 Å². The number of aromatic nitrogens is 6. The number of hydrogen-bond donors (Lipinski definition) is 0. The summed E-state index contributed by atoms with van der Waals surface area (Å²) in [6.45, 7) is 0. The van der Waals surface area contributed by atoms with Crippen LogP contribution in [-0.2, 0) is 0 Å². The van der Waals surface area contributed by atoms with E-state index in [2.05, 4.69) is 560 Å². The summed E-state index contributed by atoms with van der Waals surface area (Å²) < 4.78 is 7.16. The number of hydrogen-bond acceptors (Lipinski definition) is 3. The highest BCUT2D eigenvalue weighted by atomic mass is 15.0. The van der Waals surface area contributed by atoms with Gasteiger partial charge in [0.2, 0.25) is 0 Å². The van der Waals surface area contributed by atoms with Crippen molar-refractivity contribution in [3.05, 3.63) is 546 Å². The Morgan fingerprint density at radius 2 is 0.381 bits per heavy atom. The molecule has 0 amide bonds. The molecule has 6 nitrogen and oxygen atoms in total. The molecule has 6 heterocycles. The van der Waals surface area contributed by atoms with Crippen LogP contribution >= 0.6 is 0 Å². The minimum atomic E-state index is 0.954. The maximum atomic E-state index is 5.21. The maximum Gasteiger partial charge on any atom is 0.0709 e. The fourth-order valence-corrected chi connectivity index (χ4v) is 23.5. The van der Waals surface area contributed by atoms with E-state index in [1.165, 1.54) is 212 Å². The van der Waals surface area contributed by atoms with Crippen LogP contribution in [-0.4, -0.2) is 28.7 Å². The standard InChI is InChI=1S/3C47H30N2/c1-3-14-31(15-4-1)45-36-20-9-11-22-38(36)46(39-23-12-10-21-37(39)45)34-26-27-42(48-30-34)40-24-13-25-43-47(40)41-28-32-16-7-8-17-33(32)29-44(41)49(43)35-18-5-2-6-19-35;1-3-13-31(14-4-1)46-37-19-9-11-21-39(37)47(40-22-12-10-20-38(40)46)35-23-25-43(48-30-35)34-24-26-44-41(28-34)42-27-32-15-7-8-16-33(32)29-45(42)49(44)36-17-5-2-6-18-36;1-3-13-31(14-4-1)46-38-19-9-11-21-40(38)47(41-22-12-10-20-39(41)46)35-24-26-43(48-30-35)34-23-25-37-42-27-32-15-7-8-16-33(32)28-45(42)49(44(37)29-34)36-17-5-2-6-18-36/h3*1-30H. The topological polar surface area (TPSA) is 53.5 Å². The molecule has 24 aromatic carbocycles. The van der Waals surface area contributed by atoms with E-state index in [1.807, 2.05) is 0 Å². The van der Waals surface area contributed by atoms with Crippen LogP contribution in [0.1, 0.15) is 0 Å². The molecular formula is C141H90N6. The highest BCUT2D eigenvalue weighted by Gasteiger charge is 2.26. The number of nitrogens with zero attached hydrogens (tertiary/aromatic N) is 6. The minimum Gasteiger partial charge on any atom is -0.309 e. The summed E-state index contributed by atoms with van der Waals surface area (Å²) in [6, 6.07) is 190. The van der Waals surface area contributed by atoms with Crippen molar-refractivity contribution in [2.24, 2.45) is 0 Å². The van der Waals surface area contributed by atoms with Crippen LogP contribution in [0, 0.1) is 0 Å². The molecular weight excluding hydrogens is 1780 g/mol. The molecule has 684 valence electrons. The van der Waals surface area contributed by atoms with E-state index < -0.39 is 0 Å². The molecule has 0 aliphatic rings. The first-order chi connectivity index (χ1) is 73.0. The van der Waals surface area contributed by atoms with Gasteiger partial charge in [0, 0.05) is 101 Å². The average molecular weight is 1870 g/mol. The third-order valence-electron chi connectivity index (χ3n) is 30.0. The Labute approximate surface area is 848 Å². The number of fused-ring (bicyclic) bond motifs is 18. The Morgan fingerprint density at radius 1 is 0.129 bits per heavy atom. The molecule has 0 atom stereocenters. The normalized spacial score (nSPS) is 11.7. The van der Waals surface area contributed by atoms with E-state index >= 15 is 0 Å². The van der Waals surface area contributed by atoms with Gasteiger partial charge in [0.25, 0.3) is 0 Å². The molecule has 0 bridgehead atoms. The molecule has 0 saturated heterocycles. The maximum absolute atomic E-state index is 5.21. The van der Waals surface area contributed by atoms with Crippen LogP contribution in [0.4, 0.5) is 0 Å². The van der Waals surface area contributed by atoms with Crippen molar-refractivity contribution in [3.8, 4) is 118 Å². The summed E-state index contributed by atoms with van der Waals surface area (Å²) in [5.41, 5.74) is 31.3. The lowest BCUT2D eigenvalue weighted by atomic mass is 9.86. The van der Waals surface area contributed by atoms with Crippen molar-refractivity contribution < 1.29 is 0 Å². The van der Waals surface area contributed by atoms with Crippen molar-refractivity contribution >= 4 is 162 Å². The van der Waals surface area contributed by atoms with Gasteiger partial charge in [0.05, 0.1) is 50.2 Å². The molecule has 0 N–H and O–H groups in total. The van der Waals surface area contributed by atoms with Gasteiger partial charge >= 0.3 is 0 Å². The molecule has 0 radical (unpaired) electrons. The predicted molar refractivity (Wildman–Crippen MR) is 622 cm³/mol. The lowest BCUT2D eigenvalue weighted by Crippen LogP contribution is -1.94. The molecule has 30 aromatic rings. The molecule has 30 rings (SSSR count). The Bertz CT molecular complexity index is 10200. The van der Waals surface area contributed by atoms with E-state index in [0.717, 1.165) is 67.5 Å². The van der Waals surface area contributed by atoms with Crippen LogP contribution in [0.15, 0.2) is 546 Å². The largest absolute Gasteiger partial charge is 0.309 e. The van der Waals surface area contributed by atoms with Gasteiger partial charge in [0.1, 0.15) is 0 Å². The van der Waals surface area contributed by atoms with Gasteiger partial charge in [-0.2, -0.15) is 0 Å². The van der Waals surface area contributed by atoms with E-state index in [1.54, 1.807) is 0 Å². The third kappa shape index (κ3) is 14.7. The minimum absolute atomic E-state index is 0.954. The van der Waals surface area contributed by atoms with E-state index in [4.69, 9.17) is 15.0 Å². The van der Waals surface area contributed by atoms with Crippen LogP contribution in [0.5, 0.6) is 0 Å². The molecule has 0 aliphatic carbocycles. The van der Waals surface area contributed by atoms with Crippen molar-refractivity contribution in [2.75, 3.05) is 0 Å². The Kier molecular flexibility index (Phi) is 20.9. The molecule has 147 heavy (non-hydrogen) atoms. The van der Waals surface area contributed by atoms with E-state index in [9.17, 15) is 0 Å². The number of rotatable bonds is 12. The Balaban J connectivity index is 0.000000107. The highest BCUT2D eigenvalue weighted by Crippen LogP contribution is 2.51. The number of pyridine rings is 3. The summed E-state index contributed by atoms with van der Waals surface area (Å²) in [6.07, 6.45) is 6.17. The van der Waals surface area contributed by atoms with Crippen LogP contribution in [0.2, 0.25) is 0 Å². The zero-order chi connectivity index (χ0) is 96.9. The summed E-state index contributed by atoms with van der Waals surface area (Å²) >= 11 is 0. The van der Waals surface area contributed by atoms with Crippen LogP contribution in [0.25, 0.3) is 280 Å². The van der Waals surface area contributed by atoms with Gasteiger partial charge in [-0.15, -0.1) is 0 Å². The van der Waals surface area contributed by atoms with Crippen LogP contribution in [0.3, 0.4) is 0 Å². The fourth-order valence-electron chi connectivity index (χ4n) is 23.5. The van der Waals surface area contributed by atoms with Crippen molar-refractivity contribution in [3.63, 3.8) is 0 Å².